The summed E-state index contributed by atoms with van der Waals surface area (Å²) < 4.78 is 1.75. The van der Waals surface area contributed by atoms with Gasteiger partial charge in [-0.15, -0.1) is 0 Å². The number of aliphatic imine (C=N–C) groups is 1. The Labute approximate surface area is 106 Å². The molecule has 0 spiro atoms. The highest BCUT2D eigenvalue weighted by Crippen LogP contribution is 2.30. The summed E-state index contributed by atoms with van der Waals surface area (Å²) in [4.78, 5) is 17.4. The van der Waals surface area contributed by atoms with E-state index in [1.165, 1.54) is 0 Å². The smallest absolute Gasteiger partial charge is 0.346 e. The molecule has 0 fully saturated rings. The second kappa shape index (κ2) is 4.44. The van der Waals surface area contributed by atoms with Gasteiger partial charge in [0.25, 0.3) is 0 Å². The van der Waals surface area contributed by atoms with Crippen molar-refractivity contribution in [1.29, 1.82) is 0 Å². The molecule has 1 aromatic heterocycles. The third kappa shape index (κ3) is 1.87. The summed E-state index contributed by atoms with van der Waals surface area (Å²) in [5.41, 5.74) is 7.85. The fraction of sp³-hybridized carbons (Fsp3) is 0.583. The lowest BCUT2D eigenvalue weighted by Gasteiger charge is -2.27. The van der Waals surface area contributed by atoms with Crippen molar-refractivity contribution in [3.05, 3.63) is 17.5 Å². The number of carbonyl (C=O) groups excluding carboxylic acids is 1. The zero-order valence-corrected chi connectivity index (χ0v) is 11.2. The maximum Gasteiger partial charge on any atom is 0.346 e. The van der Waals surface area contributed by atoms with Crippen molar-refractivity contribution in [2.75, 3.05) is 0 Å². The highest BCUT2D eigenvalue weighted by molar-refractivity contribution is 6.03. The maximum atomic E-state index is 11.8. The molecule has 0 radical (unpaired) electrons. The van der Waals surface area contributed by atoms with E-state index in [1.807, 2.05) is 34.0 Å². The van der Waals surface area contributed by atoms with E-state index in [0.29, 0.717) is 5.84 Å². The average molecular weight is 249 g/mol. The van der Waals surface area contributed by atoms with Gasteiger partial charge in [-0.2, -0.15) is 10.1 Å². The second-order valence-electron chi connectivity index (χ2n) is 4.78. The molecule has 0 bridgehead atoms. The van der Waals surface area contributed by atoms with E-state index in [0.717, 1.165) is 17.7 Å². The van der Waals surface area contributed by atoms with E-state index in [4.69, 9.17) is 5.73 Å². The summed E-state index contributed by atoms with van der Waals surface area (Å²) in [5, 5.41) is 4.40. The van der Waals surface area contributed by atoms with E-state index in [2.05, 4.69) is 10.1 Å². The SMILES string of the molecule is CCc1nn(C)cc1C1C(N)=NC(=O)N1C(C)C. The standard InChI is InChI=1S/C12H19N5O/c1-5-9-8(6-16(4)15-9)10-11(13)14-12(18)17(10)7(2)3/h6-7,10H,5H2,1-4H3,(H2,13,14,18). The molecule has 18 heavy (non-hydrogen) atoms. The molecule has 2 rings (SSSR count). The quantitative estimate of drug-likeness (QED) is 0.875. The predicted molar refractivity (Wildman–Crippen MR) is 69.3 cm³/mol. The van der Waals surface area contributed by atoms with Crippen LogP contribution in [0.1, 0.15) is 38.1 Å². The van der Waals surface area contributed by atoms with Gasteiger partial charge in [-0.1, -0.05) is 6.92 Å². The molecule has 6 nitrogen and oxygen atoms in total. The average Bonchev–Trinajstić information content (AvgIpc) is 2.78. The third-order valence-corrected chi connectivity index (χ3v) is 3.13. The fourth-order valence-corrected chi connectivity index (χ4v) is 2.37. The van der Waals surface area contributed by atoms with Gasteiger partial charge in [0, 0.05) is 24.8 Å². The van der Waals surface area contributed by atoms with Crippen LogP contribution in [0, 0.1) is 0 Å². The van der Waals surface area contributed by atoms with Gasteiger partial charge in [0.2, 0.25) is 0 Å². The van der Waals surface area contributed by atoms with Crippen molar-refractivity contribution in [3.63, 3.8) is 0 Å². The first-order valence-electron chi connectivity index (χ1n) is 6.14. The Hall–Kier alpha value is -1.85. The van der Waals surface area contributed by atoms with Gasteiger partial charge in [-0.3, -0.25) is 4.68 Å². The monoisotopic (exact) mass is 249 g/mol. The summed E-state index contributed by atoms with van der Waals surface area (Å²) in [7, 11) is 1.87. The number of urea groups is 1. The van der Waals surface area contributed by atoms with Crippen LogP contribution in [-0.4, -0.2) is 32.6 Å². The van der Waals surface area contributed by atoms with Crippen molar-refractivity contribution < 1.29 is 4.79 Å². The van der Waals surface area contributed by atoms with Crippen LogP contribution in [0.5, 0.6) is 0 Å². The zero-order valence-electron chi connectivity index (χ0n) is 11.2. The van der Waals surface area contributed by atoms with Gasteiger partial charge in [-0.05, 0) is 20.3 Å². The Morgan fingerprint density at radius 1 is 1.50 bits per heavy atom. The molecule has 1 aliphatic heterocycles. The summed E-state index contributed by atoms with van der Waals surface area (Å²) in [6, 6.07) is -0.489. The van der Waals surface area contributed by atoms with Gasteiger partial charge in [0.15, 0.2) is 0 Å². The molecule has 2 amide bonds. The zero-order chi connectivity index (χ0) is 13.4. The van der Waals surface area contributed by atoms with Crippen LogP contribution in [0.4, 0.5) is 4.79 Å². The van der Waals surface area contributed by atoms with Gasteiger partial charge in [0.1, 0.15) is 11.9 Å². The molecule has 98 valence electrons. The molecule has 1 aliphatic rings. The predicted octanol–water partition coefficient (Wildman–Crippen LogP) is 1.22. The first-order chi connectivity index (χ1) is 8.45. The number of carbonyl (C=O) groups is 1. The van der Waals surface area contributed by atoms with Gasteiger partial charge >= 0.3 is 6.03 Å². The van der Waals surface area contributed by atoms with E-state index < -0.39 is 0 Å². The Bertz CT molecular complexity index is 503. The molecule has 0 saturated heterocycles. The number of hydrogen-bond donors (Lipinski definition) is 1. The number of amides is 2. The number of hydrogen-bond acceptors (Lipinski definition) is 3. The van der Waals surface area contributed by atoms with E-state index >= 15 is 0 Å². The number of nitrogens with zero attached hydrogens (tertiary/aromatic N) is 4. The Morgan fingerprint density at radius 2 is 2.17 bits per heavy atom. The molecule has 2 heterocycles. The molecule has 1 aromatic rings. The number of rotatable bonds is 3. The van der Waals surface area contributed by atoms with Crippen LogP contribution in [-0.2, 0) is 13.5 Å². The van der Waals surface area contributed by atoms with Crippen LogP contribution in [0.15, 0.2) is 11.2 Å². The third-order valence-electron chi connectivity index (χ3n) is 3.13. The fourth-order valence-electron chi connectivity index (χ4n) is 2.37. The molecule has 6 heteroatoms. The number of aryl methyl sites for hydroxylation is 2. The van der Waals surface area contributed by atoms with Crippen molar-refractivity contribution in [2.45, 2.75) is 39.3 Å². The molecule has 1 atom stereocenters. The minimum absolute atomic E-state index is 0.0530. The Balaban J connectivity index is 2.47. The van der Waals surface area contributed by atoms with Crippen LogP contribution in [0.2, 0.25) is 0 Å². The first-order valence-corrected chi connectivity index (χ1v) is 6.14. The van der Waals surface area contributed by atoms with E-state index in [9.17, 15) is 4.79 Å². The van der Waals surface area contributed by atoms with Crippen LogP contribution < -0.4 is 5.73 Å². The van der Waals surface area contributed by atoms with E-state index in [-0.39, 0.29) is 18.1 Å². The second-order valence-corrected chi connectivity index (χ2v) is 4.78. The molecule has 0 aromatic carbocycles. The van der Waals surface area contributed by atoms with Crippen LogP contribution in [0.3, 0.4) is 0 Å². The summed E-state index contributed by atoms with van der Waals surface area (Å²) in [6.45, 7) is 5.96. The molecule has 2 N–H and O–H groups in total. The Morgan fingerprint density at radius 3 is 2.72 bits per heavy atom. The first kappa shape index (κ1) is 12.6. The Kier molecular flexibility index (Phi) is 3.11. The highest BCUT2D eigenvalue weighted by Gasteiger charge is 2.38. The molecular weight excluding hydrogens is 230 g/mol. The molecule has 0 aliphatic carbocycles. The van der Waals surface area contributed by atoms with Crippen LogP contribution >= 0.6 is 0 Å². The van der Waals surface area contributed by atoms with Crippen molar-refractivity contribution in [1.82, 2.24) is 14.7 Å². The summed E-state index contributed by atoms with van der Waals surface area (Å²) in [5.74, 6) is 0.358. The topological polar surface area (TPSA) is 76.5 Å². The molecule has 0 saturated carbocycles. The molecule has 1 unspecified atom stereocenters. The number of nitrogens with two attached hydrogens (primary N) is 1. The lowest BCUT2D eigenvalue weighted by atomic mass is 10.0. The van der Waals surface area contributed by atoms with Crippen molar-refractivity contribution in [2.24, 2.45) is 17.8 Å². The lowest BCUT2D eigenvalue weighted by molar-refractivity contribution is 0.190. The highest BCUT2D eigenvalue weighted by atomic mass is 16.2. The van der Waals surface area contributed by atoms with Gasteiger partial charge in [0.05, 0.1) is 5.69 Å². The number of amidine groups is 1. The van der Waals surface area contributed by atoms with Crippen LogP contribution in [0.25, 0.3) is 0 Å². The molecular formula is C12H19N5O. The largest absolute Gasteiger partial charge is 0.385 e. The maximum absolute atomic E-state index is 11.8. The summed E-state index contributed by atoms with van der Waals surface area (Å²) in [6.07, 6.45) is 2.72. The normalized spacial score (nSPS) is 19.8. The van der Waals surface area contributed by atoms with Gasteiger partial charge < -0.3 is 10.6 Å². The van der Waals surface area contributed by atoms with Gasteiger partial charge in [-0.25, -0.2) is 4.79 Å². The van der Waals surface area contributed by atoms with Crippen molar-refractivity contribution >= 4 is 11.9 Å². The van der Waals surface area contributed by atoms with Crippen molar-refractivity contribution in [3.8, 4) is 0 Å². The minimum atomic E-state index is -0.277. The lowest BCUT2D eigenvalue weighted by Crippen LogP contribution is -2.38. The number of aromatic nitrogens is 2. The summed E-state index contributed by atoms with van der Waals surface area (Å²) >= 11 is 0. The minimum Gasteiger partial charge on any atom is -0.385 e. The van der Waals surface area contributed by atoms with E-state index in [1.54, 1.807) is 9.58 Å².